The van der Waals surface area contributed by atoms with E-state index in [9.17, 15) is 8.42 Å². The molecule has 0 amide bonds. The maximum absolute atomic E-state index is 12.3. The second kappa shape index (κ2) is 5.76. The first kappa shape index (κ1) is 14.7. The molecule has 0 aliphatic heterocycles. The van der Waals surface area contributed by atoms with Crippen LogP contribution in [0.25, 0.3) is 0 Å². The first-order valence-electron chi connectivity index (χ1n) is 6.45. The van der Waals surface area contributed by atoms with Crippen molar-refractivity contribution in [2.24, 2.45) is 5.73 Å². The van der Waals surface area contributed by atoms with E-state index in [4.69, 9.17) is 5.73 Å². The normalized spacial score (nSPS) is 11.8. The van der Waals surface area contributed by atoms with E-state index in [0.29, 0.717) is 18.0 Å². The summed E-state index contributed by atoms with van der Waals surface area (Å²) in [5, 5.41) is 4.27. The highest BCUT2D eigenvalue weighted by atomic mass is 32.2. The zero-order valence-electron chi connectivity index (χ0n) is 11.7. The van der Waals surface area contributed by atoms with Crippen LogP contribution in [0.1, 0.15) is 17.0 Å². The summed E-state index contributed by atoms with van der Waals surface area (Å²) in [4.78, 5) is 0.321. The fourth-order valence-corrected chi connectivity index (χ4v) is 3.36. The van der Waals surface area contributed by atoms with E-state index >= 15 is 0 Å². The minimum absolute atomic E-state index is 0.0307. The molecule has 6 heteroatoms. The van der Waals surface area contributed by atoms with Gasteiger partial charge < -0.3 is 5.73 Å². The van der Waals surface area contributed by atoms with Gasteiger partial charge in [-0.25, -0.2) is 8.42 Å². The first-order chi connectivity index (χ1) is 9.42. The molecule has 2 rings (SSSR count). The van der Waals surface area contributed by atoms with Gasteiger partial charge in [0.25, 0.3) is 0 Å². The van der Waals surface area contributed by atoms with Gasteiger partial charge in [-0.3, -0.25) is 4.68 Å². The molecule has 1 heterocycles. The van der Waals surface area contributed by atoms with Gasteiger partial charge in [0.1, 0.15) is 0 Å². The van der Waals surface area contributed by atoms with E-state index in [2.05, 4.69) is 5.10 Å². The number of benzene rings is 1. The molecule has 1 aromatic carbocycles. The van der Waals surface area contributed by atoms with E-state index in [0.717, 1.165) is 17.0 Å². The Balaban J connectivity index is 2.17. The van der Waals surface area contributed by atoms with E-state index in [1.807, 2.05) is 26.0 Å². The highest BCUT2D eigenvalue weighted by Gasteiger charge is 2.15. The molecule has 2 N–H and O–H groups in total. The summed E-state index contributed by atoms with van der Waals surface area (Å²) in [6, 6.07) is 8.71. The summed E-state index contributed by atoms with van der Waals surface area (Å²) in [5.74, 6) is 0.0307. The van der Waals surface area contributed by atoms with Crippen LogP contribution in [0.15, 0.2) is 35.2 Å². The third-order valence-electron chi connectivity index (χ3n) is 3.17. The lowest BCUT2D eigenvalue weighted by Crippen LogP contribution is -2.15. The van der Waals surface area contributed by atoms with Crippen LogP contribution in [0.4, 0.5) is 0 Å². The van der Waals surface area contributed by atoms with Crippen molar-refractivity contribution in [3.63, 3.8) is 0 Å². The van der Waals surface area contributed by atoms with Crippen LogP contribution in [-0.2, 0) is 22.9 Å². The van der Waals surface area contributed by atoms with Crippen LogP contribution >= 0.6 is 0 Å². The summed E-state index contributed by atoms with van der Waals surface area (Å²) >= 11 is 0. The van der Waals surface area contributed by atoms with E-state index < -0.39 is 9.84 Å². The van der Waals surface area contributed by atoms with E-state index in [1.54, 1.807) is 22.9 Å². The van der Waals surface area contributed by atoms with Crippen LogP contribution in [0.3, 0.4) is 0 Å². The number of nitrogens with zero attached hydrogens (tertiary/aromatic N) is 2. The number of aromatic nitrogens is 2. The molecule has 0 aliphatic carbocycles. The molecular weight excluding hydrogens is 274 g/mol. The van der Waals surface area contributed by atoms with E-state index in [-0.39, 0.29) is 5.75 Å². The standard InChI is InChI=1S/C14H19N3O2S/c1-11-8-12(2)17(16-11)6-7-20(18,19)14-5-3-4-13(9-14)10-15/h3-5,8-9H,6-7,10,15H2,1-2H3. The Labute approximate surface area is 119 Å². The molecule has 0 aliphatic rings. The molecule has 0 saturated heterocycles. The molecule has 0 fully saturated rings. The number of sulfone groups is 1. The van der Waals surface area contributed by atoms with Gasteiger partial charge in [-0.15, -0.1) is 0 Å². The molecule has 0 atom stereocenters. The van der Waals surface area contributed by atoms with Crippen molar-refractivity contribution in [3.05, 3.63) is 47.3 Å². The predicted octanol–water partition coefficient (Wildman–Crippen LogP) is 1.43. The van der Waals surface area contributed by atoms with Crippen LogP contribution in [-0.4, -0.2) is 24.0 Å². The molecule has 108 valence electrons. The molecule has 2 aromatic rings. The molecule has 0 spiro atoms. The summed E-state index contributed by atoms with van der Waals surface area (Å²) in [5.41, 5.74) is 8.22. The van der Waals surface area contributed by atoms with Crippen molar-refractivity contribution in [1.82, 2.24) is 9.78 Å². The minimum Gasteiger partial charge on any atom is -0.326 e. The Kier molecular flexibility index (Phi) is 4.25. The van der Waals surface area contributed by atoms with Crippen molar-refractivity contribution < 1.29 is 8.42 Å². The molecule has 5 nitrogen and oxygen atoms in total. The molecule has 0 saturated carbocycles. The smallest absolute Gasteiger partial charge is 0.180 e. The highest BCUT2D eigenvalue weighted by Crippen LogP contribution is 2.14. The fraction of sp³-hybridized carbons (Fsp3) is 0.357. The lowest BCUT2D eigenvalue weighted by molar-refractivity contribution is 0.576. The van der Waals surface area contributed by atoms with Crippen molar-refractivity contribution in [1.29, 1.82) is 0 Å². The monoisotopic (exact) mass is 293 g/mol. The summed E-state index contributed by atoms with van der Waals surface area (Å²) < 4.78 is 26.3. The van der Waals surface area contributed by atoms with Gasteiger partial charge >= 0.3 is 0 Å². The average molecular weight is 293 g/mol. The lowest BCUT2D eigenvalue weighted by Gasteiger charge is -2.07. The van der Waals surface area contributed by atoms with Crippen LogP contribution in [0, 0.1) is 13.8 Å². The third-order valence-corrected chi connectivity index (χ3v) is 4.86. The van der Waals surface area contributed by atoms with Gasteiger partial charge in [0.05, 0.1) is 22.9 Å². The Hall–Kier alpha value is -1.66. The average Bonchev–Trinajstić information content (AvgIpc) is 2.75. The Morgan fingerprint density at radius 1 is 1.25 bits per heavy atom. The Bertz CT molecular complexity index is 705. The molecule has 1 aromatic heterocycles. The van der Waals surface area contributed by atoms with Gasteiger partial charge in [0.15, 0.2) is 9.84 Å². The van der Waals surface area contributed by atoms with Crippen molar-refractivity contribution in [2.75, 3.05) is 5.75 Å². The summed E-state index contributed by atoms with van der Waals surface area (Å²) in [6.45, 7) is 4.50. The minimum atomic E-state index is -3.31. The Morgan fingerprint density at radius 2 is 2.00 bits per heavy atom. The van der Waals surface area contributed by atoms with Gasteiger partial charge in [-0.2, -0.15) is 5.10 Å². The first-order valence-corrected chi connectivity index (χ1v) is 8.10. The van der Waals surface area contributed by atoms with Gasteiger partial charge in [-0.05, 0) is 37.6 Å². The largest absolute Gasteiger partial charge is 0.326 e. The lowest BCUT2D eigenvalue weighted by atomic mass is 10.2. The highest BCUT2D eigenvalue weighted by molar-refractivity contribution is 7.91. The number of hydrogen-bond donors (Lipinski definition) is 1. The van der Waals surface area contributed by atoms with Crippen LogP contribution < -0.4 is 5.73 Å². The van der Waals surface area contributed by atoms with Crippen LogP contribution in [0.5, 0.6) is 0 Å². The maximum atomic E-state index is 12.3. The molecule has 0 unspecified atom stereocenters. The number of nitrogens with two attached hydrogens (primary N) is 1. The third kappa shape index (κ3) is 3.26. The SMILES string of the molecule is Cc1cc(C)n(CCS(=O)(=O)c2cccc(CN)c2)n1. The van der Waals surface area contributed by atoms with Gasteiger partial charge in [0.2, 0.25) is 0 Å². The number of hydrogen-bond acceptors (Lipinski definition) is 4. The van der Waals surface area contributed by atoms with Crippen LogP contribution in [0.2, 0.25) is 0 Å². The van der Waals surface area contributed by atoms with Crippen molar-refractivity contribution >= 4 is 9.84 Å². The van der Waals surface area contributed by atoms with Gasteiger partial charge in [-0.1, -0.05) is 12.1 Å². The zero-order valence-corrected chi connectivity index (χ0v) is 12.5. The van der Waals surface area contributed by atoms with E-state index in [1.165, 1.54) is 0 Å². The summed E-state index contributed by atoms with van der Waals surface area (Å²) in [7, 11) is -3.31. The molecular formula is C14H19N3O2S. The topological polar surface area (TPSA) is 78.0 Å². The summed E-state index contributed by atoms with van der Waals surface area (Å²) in [6.07, 6.45) is 0. The quantitative estimate of drug-likeness (QED) is 0.904. The van der Waals surface area contributed by atoms with Gasteiger partial charge in [0, 0.05) is 12.2 Å². The number of aryl methyl sites for hydroxylation is 3. The zero-order chi connectivity index (χ0) is 14.8. The van der Waals surface area contributed by atoms with Crippen molar-refractivity contribution in [2.45, 2.75) is 31.8 Å². The molecule has 0 radical (unpaired) electrons. The Morgan fingerprint density at radius 3 is 2.60 bits per heavy atom. The predicted molar refractivity (Wildman–Crippen MR) is 78.1 cm³/mol. The maximum Gasteiger partial charge on any atom is 0.180 e. The second-order valence-corrected chi connectivity index (χ2v) is 6.93. The second-order valence-electron chi connectivity index (χ2n) is 4.82. The molecule has 20 heavy (non-hydrogen) atoms. The fourth-order valence-electron chi connectivity index (χ4n) is 2.09. The molecule has 0 bridgehead atoms. The number of rotatable bonds is 5. The van der Waals surface area contributed by atoms with Crippen molar-refractivity contribution in [3.8, 4) is 0 Å².